The number of unbranched alkanes of at least 4 members (excludes halogenated alkanes) is 1. The molecule has 4 nitrogen and oxygen atoms in total. The van der Waals surface area contributed by atoms with Crippen molar-refractivity contribution in [3.63, 3.8) is 0 Å². The summed E-state index contributed by atoms with van der Waals surface area (Å²) in [5, 5.41) is 11.8. The zero-order valence-corrected chi connectivity index (χ0v) is 11.8. The van der Waals surface area contributed by atoms with Gasteiger partial charge >= 0.3 is 0 Å². The molecule has 0 aromatic rings. The number of hydrogen-bond acceptors (Lipinski definition) is 3. The topological polar surface area (TPSA) is 61.8 Å². The molecular weight excluding hydrogens is 214 g/mol. The van der Waals surface area contributed by atoms with Crippen molar-refractivity contribution in [2.24, 2.45) is 10.9 Å². The molecule has 0 aliphatic carbocycles. The number of hydrogen-bond donors (Lipinski definition) is 2. The summed E-state index contributed by atoms with van der Waals surface area (Å²) in [4.78, 5) is 2.50. The number of rotatable bonds is 9. The van der Waals surface area contributed by atoms with Gasteiger partial charge in [-0.1, -0.05) is 32.3 Å². The van der Waals surface area contributed by atoms with E-state index >= 15 is 0 Å². The van der Waals surface area contributed by atoms with Crippen LogP contribution in [0.1, 0.15) is 59.8 Å². The largest absolute Gasteiger partial charge is 0.409 e. The second kappa shape index (κ2) is 9.28. The summed E-state index contributed by atoms with van der Waals surface area (Å²) >= 11 is 0. The molecule has 0 saturated heterocycles. The molecule has 0 heterocycles. The van der Waals surface area contributed by atoms with Crippen LogP contribution in [0.25, 0.3) is 0 Å². The van der Waals surface area contributed by atoms with Gasteiger partial charge in [-0.3, -0.25) is 4.90 Å². The Balaban J connectivity index is 4.59. The molecule has 0 aliphatic rings. The van der Waals surface area contributed by atoms with Crippen LogP contribution < -0.4 is 5.73 Å². The van der Waals surface area contributed by atoms with Crippen LogP contribution in [0.2, 0.25) is 0 Å². The van der Waals surface area contributed by atoms with Gasteiger partial charge in [-0.05, 0) is 32.7 Å². The van der Waals surface area contributed by atoms with Crippen LogP contribution in [0.4, 0.5) is 0 Å². The molecule has 3 N–H and O–H groups in total. The third kappa shape index (κ3) is 5.91. The van der Waals surface area contributed by atoms with E-state index in [1.165, 1.54) is 12.8 Å². The standard InChI is InChI=1S/C13H29N3O/c1-5-8-9-16(11(4)6-2)12(7-3)10-13(14)15-17/h11-12,17H,5-10H2,1-4H3,(H2,14,15). The minimum absolute atomic E-state index is 0.335. The second-order valence-corrected chi connectivity index (χ2v) is 4.71. The van der Waals surface area contributed by atoms with E-state index in [-0.39, 0.29) is 0 Å². The maximum atomic E-state index is 8.68. The first kappa shape index (κ1) is 16.2. The Kier molecular flexibility index (Phi) is 8.86. The maximum Gasteiger partial charge on any atom is 0.140 e. The van der Waals surface area contributed by atoms with Crippen LogP contribution in [0, 0.1) is 0 Å². The summed E-state index contributed by atoms with van der Waals surface area (Å²) < 4.78 is 0. The molecule has 0 bridgehead atoms. The molecule has 2 unspecified atom stereocenters. The highest BCUT2D eigenvalue weighted by Crippen LogP contribution is 2.16. The van der Waals surface area contributed by atoms with E-state index in [4.69, 9.17) is 10.9 Å². The van der Waals surface area contributed by atoms with Crippen LogP contribution in [-0.2, 0) is 0 Å². The first-order valence-electron chi connectivity index (χ1n) is 6.82. The monoisotopic (exact) mass is 243 g/mol. The van der Waals surface area contributed by atoms with E-state index in [9.17, 15) is 0 Å². The molecule has 102 valence electrons. The van der Waals surface area contributed by atoms with Crippen molar-refractivity contribution in [3.05, 3.63) is 0 Å². The number of amidine groups is 1. The van der Waals surface area contributed by atoms with Crippen molar-refractivity contribution in [2.75, 3.05) is 6.54 Å². The lowest BCUT2D eigenvalue weighted by atomic mass is 10.0. The Morgan fingerprint density at radius 2 is 1.94 bits per heavy atom. The smallest absolute Gasteiger partial charge is 0.140 e. The van der Waals surface area contributed by atoms with Gasteiger partial charge in [0.05, 0.1) is 0 Å². The number of oxime groups is 1. The molecule has 2 atom stereocenters. The van der Waals surface area contributed by atoms with Gasteiger partial charge in [0.15, 0.2) is 0 Å². The molecule has 0 aromatic heterocycles. The average Bonchev–Trinajstić information content (AvgIpc) is 2.36. The van der Waals surface area contributed by atoms with E-state index in [1.807, 2.05) is 0 Å². The van der Waals surface area contributed by atoms with E-state index < -0.39 is 0 Å². The van der Waals surface area contributed by atoms with Gasteiger partial charge < -0.3 is 10.9 Å². The fourth-order valence-electron chi connectivity index (χ4n) is 2.12. The molecule has 0 aliphatic heterocycles. The molecule has 0 spiro atoms. The fourth-order valence-corrected chi connectivity index (χ4v) is 2.12. The average molecular weight is 243 g/mol. The fraction of sp³-hybridized carbons (Fsp3) is 0.923. The molecule has 0 radical (unpaired) electrons. The lowest BCUT2D eigenvalue weighted by Crippen LogP contribution is -2.43. The summed E-state index contributed by atoms with van der Waals surface area (Å²) in [6, 6.07) is 0.936. The second-order valence-electron chi connectivity index (χ2n) is 4.71. The van der Waals surface area contributed by atoms with Gasteiger partial charge in [-0.2, -0.15) is 0 Å². The van der Waals surface area contributed by atoms with Gasteiger partial charge in [0, 0.05) is 18.5 Å². The third-order valence-corrected chi connectivity index (χ3v) is 3.44. The number of nitrogens with zero attached hydrogens (tertiary/aromatic N) is 2. The van der Waals surface area contributed by atoms with Gasteiger partial charge in [0.2, 0.25) is 0 Å². The van der Waals surface area contributed by atoms with Crippen LogP contribution in [0.15, 0.2) is 5.16 Å². The first-order valence-corrected chi connectivity index (χ1v) is 6.82. The van der Waals surface area contributed by atoms with Crippen molar-refractivity contribution in [2.45, 2.75) is 71.9 Å². The normalized spacial score (nSPS) is 16.2. The van der Waals surface area contributed by atoms with E-state index in [2.05, 4.69) is 37.8 Å². The molecule has 0 aromatic carbocycles. The molecule has 0 saturated carbocycles. The zero-order chi connectivity index (χ0) is 13.3. The summed E-state index contributed by atoms with van der Waals surface area (Å²) in [6.07, 6.45) is 5.23. The van der Waals surface area contributed by atoms with Crippen LogP contribution in [-0.4, -0.2) is 34.6 Å². The molecular formula is C13H29N3O. The summed E-state index contributed by atoms with van der Waals surface area (Å²) in [7, 11) is 0. The summed E-state index contributed by atoms with van der Waals surface area (Å²) in [5.41, 5.74) is 5.63. The van der Waals surface area contributed by atoms with E-state index in [1.54, 1.807) is 0 Å². The molecule has 0 rings (SSSR count). The minimum Gasteiger partial charge on any atom is -0.409 e. The van der Waals surface area contributed by atoms with Crippen molar-refractivity contribution >= 4 is 5.84 Å². The van der Waals surface area contributed by atoms with Crippen molar-refractivity contribution in [1.29, 1.82) is 0 Å². The highest BCUT2D eigenvalue weighted by Gasteiger charge is 2.21. The molecule has 0 amide bonds. The van der Waals surface area contributed by atoms with Crippen molar-refractivity contribution in [1.82, 2.24) is 4.90 Å². The molecule has 17 heavy (non-hydrogen) atoms. The van der Waals surface area contributed by atoms with Crippen molar-refractivity contribution in [3.8, 4) is 0 Å². The quantitative estimate of drug-likeness (QED) is 0.283. The van der Waals surface area contributed by atoms with Crippen LogP contribution in [0.3, 0.4) is 0 Å². The third-order valence-electron chi connectivity index (χ3n) is 3.44. The van der Waals surface area contributed by atoms with Gasteiger partial charge in [0.1, 0.15) is 5.84 Å². The summed E-state index contributed by atoms with van der Waals surface area (Å²) in [5.74, 6) is 0.335. The Bertz CT molecular complexity index is 219. The highest BCUT2D eigenvalue weighted by molar-refractivity contribution is 5.80. The van der Waals surface area contributed by atoms with Gasteiger partial charge in [-0.25, -0.2) is 0 Å². The van der Waals surface area contributed by atoms with Crippen molar-refractivity contribution < 1.29 is 5.21 Å². The summed E-state index contributed by atoms with van der Waals surface area (Å²) in [6.45, 7) is 9.93. The van der Waals surface area contributed by atoms with Crippen LogP contribution in [0.5, 0.6) is 0 Å². The lowest BCUT2D eigenvalue weighted by molar-refractivity contribution is 0.135. The van der Waals surface area contributed by atoms with E-state index in [0.717, 1.165) is 19.4 Å². The Hall–Kier alpha value is -0.770. The van der Waals surface area contributed by atoms with E-state index in [0.29, 0.717) is 24.3 Å². The predicted octanol–water partition coefficient (Wildman–Crippen LogP) is 2.80. The SMILES string of the molecule is CCCCN(C(C)CC)C(CC)C/C(N)=N/O. The Morgan fingerprint density at radius 3 is 2.35 bits per heavy atom. The molecule has 4 heteroatoms. The zero-order valence-electron chi connectivity index (χ0n) is 11.8. The molecule has 0 fully saturated rings. The minimum atomic E-state index is 0.335. The van der Waals surface area contributed by atoms with Gasteiger partial charge in [-0.15, -0.1) is 0 Å². The van der Waals surface area contributed by atoms with Gasteiger partial charge in [0.25, 0.3) is 0 Å². The van der Waals surface area contributed by atoms with Crippen LogP contribution >= 0.6 is 0 Å². The predicted molar refractivity (Wildman–Crippen MR) is 73.5 cm³/mol. The number of nitrogens with two attached hydrogens (primary N) is 1. The first-order chi connectivity index (χ1) is 8.10. The lowest BCUT2D eigenvalue weighted by Gasteiger charge is -2.35. The maximum absolute atomic E-state index is 8.68. The highest BCUT2D eigenvalue weighted by atomic mass is 16.4. The Morgan fingerprint density at radius 1 is 1.29 bits per heavy atom. The Labute approximate surface area is 106 Å².